The van der Waals surface area contributed by atoms with Crippen LogP contribution in [0.3, 0.4) is 0 Å². The predicted molar refractivity (Wildman–Crippen MR) is 76.4 cm³/mol. The van der Waals surface area contributed by atoms with Gasteiger partial charge in [-0.05, 0) is 6.92 Å². The molecule has 3 N–H and O–H groups in total. The molecule has 2 heterocycles. The van der Waals surface area contributed by atoms with Crippen molar-refractivity contribution in [3.8, 4) is 0 Å². The molecule has 20 heavy (non-hydrogen) atoms. The van der Waals surface area contributed by atoms with Crippen LogP contribution in [0.25, 0.3) is 0 Å². The molecule has 0 bridgehead atoms. The van der Waals surface area contributed by atoms with Gasteiger partial charge in [-0.25, -0.2) is 18.4 Å². The summed E-state index contributed by atoms with van der Waals surface area (Å²) in [6, 6.07) is 0. The number of hydrogen-bond acceptors (Lipinski definition) is 9. The van der Waals surface area contributed by atoms with E-state index in [9.17, 15) is 8.42 Å². The zero-order chi connectivity index (χ0) is 14.8. The Balaban J connectivity index is 2.10. The van der Waals surface area contributed by atoms with Crippen LogP contribution in [0, 0.1) is 6.92 Å². The first kappa shape index (κ1) is 14.6. The van der Waals surface area contributed by atoms with E-state index in [0.29, 0.717) is 29.7 Å². The smallest absolute Gasteiger partial charge is 0.203 e. The zero-order valence-corrected chi connectivity index (χ0v) is 12.6. The highest BCUT2D eigenvalue weighted by molar-refractivity contribution is 7.90. The third kappa shape index (κ3) is 3.61. The summed E-state index contributed by atoms with van der Waals surface area (Å²) in [6.07, 6.45) is 3.02. The normalized spacial score (nSPS) is 11.5. The first-order valence-corrected chi connectivity index (χ1v) is 8.42. The van der Waals surface area contributed by atoms with Gasteiger partial charge in [-0.15, -0.1) is 10.2 Å². The fourth-order valence-corrected chi connectivity index (χ4v) is 2.83. The minimum atomic E-state index is -3.37. The molecule has 10 heteroatoms. The third-order valence-electron chi connectivity index (χ3n) is 2.39. The van der Waals surface area contributed by atoms with Crippen LogP contribution in [0.4, 0.5) is 10.9 Å². The molecule has 0 aliphatic carbocycles. The topological polar surface area (TPSA) is 124 Å². The number of sulfone groups is 1. The van der Waals surface area contributed by atoms with Gasteiger partial charge >= 0.3 is 0 Å². The molecule has 0 aromatic carbocycles. The number of nitrogen functional groups attached to an aromatic ring is 1. The summed E-state index contributed by atoms with van der Waals surface area (Å²) in [6.45, 7) is 2.18. The van der Waals surface area contributed by atoms with Gasteiger partial charge in [0.25, 0.3) is 0 Å². The van der Waals surface area contributed by atoms with E-state index in [1.165, 1.54) is 17.5 Å². The maximum Gasteiger partial charge on any atom is 0.203 e. The van der Waals surface area contributed by atoms with Crippen molar-refractivity contribution >= 4 is 32.1 Å². The van der Waals surface area contributed by atoms with Crippen molar-refractivity contribution in [1.82, 2.24) is 20.2 Å². The van der Waals surface area contributed by atoms with Gasteiger partial charge in [-0.2, -0.15) is 0 Å². The van der Waals surface area contributed by atoms with Gasteiger partial charge in [0.2, 0.25) is 5.13 Å². The van der Waals surface area contributed by atoms with Crippen LogP contribution in [0.5, 0.6) is 0 Å². The summed E-state index contributed by atoms with van der Waals surface area (Å²) < 4.78 is 23.3. The Morgan fingerprint density at radius 1 is 1.40 bits per heavy atom. The van der Waals surface area contributed by atoms with Crippen molar-refractivity contribution in [2.45, 2.75) is 18.2 Å². The zero-order valence-electron chi connectivity index (χ0n) is 11.0. The molecule has 0 amide bonds. The Morgan fingerprint density at radius 3 is 2.75 bits per heavy atom. The average Bonchev–Trinajstić information content (AvgIpc) is 2.73. The molecule has 0 radical (unpaired) electrons. The van der Waals surface area contributed by atoms with Gasteiger partial charge < -0.3 is 11.1 Å². The number of nitrogens with zero attached hydrogens (tertiary/aromatic N) is 4. The van der Waals surface area contributed by atoms with E-state index < -0.39 is 9.84 Å². The van der Waals surface area contributed by atoms with Crippen molar-refractivity contribution in [3.63, 3.8) is 0 Å². The first-order valence-electron chi connectivity index (χ1n) is 5.71. The molecule has 0 fully saturated rings. The van der Waals surface area contributed by atoms with Crippen LogP contribution in [0.1, 0.15) is 10.8 Å². The molecule has 0 saturated heterocycles. The third-order valence-corrected chi connectivity index (χ3v) is 4.30. The summed E-state index contributed by atoms with van der Waals surface area (Å²) >= 11 is 1.30. The Kier molecular flexibility index (Phi) is 4.14. The number of nitrogens with two attached hydrogens (primary N) is 1. The number of aromatic nitrogens is 4. The monoisotopic (exact) mass is 314 g/mol. The summed E-state index contributed by atoms with van der Waals surface area (Å²) in [5.41, 5.74) is 5.49. The van der Waals surface area contributed by atoms with E-state index in [4.69, 9.17) is 5.73 Å². The molecule has 0 spiro atoms. The molecule has 8 nitrogen and oxygen atoms in total. The average molecular weight is 314 g/mol. The van der Waals surface area contributed by atoms with Crippen molar-refractivity contribution in [1.29, 1.82) is 0 Å². The van der Waals surface area contributed by atoms with Gasteiger partial charge in [0.15, 0.2) is 9.84 Å². The molecule has 0 atom stereocenters. The molecule has 108 valence electrons. The summed E-state index contributed by atoms with van der Waals surface area (Å²) in [7, 11) is -3.37. The van der Waals surface area contributed by atoms with E-state index in [1.807, 2.05) is 0 Å². The Hall–Kier alpha value is -1.81. The van der Waals surface area contributed by atoms with Gasteiger partial charge in [0.1, 0.15) is 21.5 Å². The second kappa shape index (κ2) is 5.67. The Labute approximate surface area is 120 Å². The minimum absolute atomic E-state index is 0.0832. The number of aryl methyl sites for hydroxylation is 1. The fourth-order valence-electron chi connectivity index (χ4n) is 1.51. The molecular weight excluding hydrogens is 300 g/mol. The van der Waals surface area contributed by atoms with Crippen LogP contribution in [-0.4, -0.2) is 41.4 Å². The van der Waals surface area contributed by atoms with E-state index in [1.54, 1.807) is 6.92 Å². The SMILES string of the molecule is Cc1ncc(S(C)(=O)=O)c(NCCc2nnc(N)s2)n1. The number of nitrogens with one attached hydrogen (secondary N) is 1. The van der Waals surface area contributed by atoms with Crippen LogP contribution in [0.15, 0.2) is 11.1 Å². The van der Waals surface area contributed by atoms with Gasteiger partial charge in [0, 0.05) is 19.2 Å². The number of hydrogen-bond donors (Lipinski definition) is 2. The van der Waals surface area contributed by atoms with E-state index >= 15 is 0 Å². The van der Waals surface area contributed by atoms with E-state index in [0.717, 1.165) is 11.3 Å². The second-order valence-corrected chi connectivity index (χ2v) is 7.19. The van der Waals surface area contributed by atoms with Crippen molar-refractivity contribution in [2.24, 2.45) is 0 Å². The summed E-state index contributed by atoms with van der Waals surface area (Å²) in [5.74, 6) is 0.803. The van der Waals surface area contributed by atoms with Crippen LogP contribution in [0.2, 0.25) is 0 Å². The van der Waals surface area contributed by atoms with Crippen molar-refractivity contribution < 1.29 is 8.42 Å². The highest BCUT2D eigenvalue weighted by Crippen LogP contribution is 2.18. The highest BCUT2D eigenvalue weighted by Gasteiger charge is 2.15. The van der Waals surface area contributed by atoms with Crippen molar-refractivity contribution in [2.75, 3.05) is 23.9 Å². The van der Waals surface area contributed by atoms with Gasteiger partial charge in [-0.3, -0.25) is 0 Å². The Bertz CT molecular complexity index is 712. The van der Waals surface area contributed by atoms with E-state index in [2.05, 4.69) is 25.5 Å². The molecule has 0 unspecified atom stereocenters. The standard InChI is InChI=1S/C10H14N6O2S2/c1-6-13-5-7(20(2,17)18)9(14-6)12-4-3-8-15-16-10(11)19-8/h5H,3-4H2,1-2H3,(H2,11,16)(H,12,13,14). The minimum Gasteiger partial charge on any atom is -0.374 e. The highest BCUT2D eigenvalue weighted by atomic mass is 32.2. The van der Waals surface area contributed by atoms with Gasteiger partial charge in [-0.1, -0.05) is 11.3 Å². The first-order chi connectivity index (χ1) is 9.36. The Morgan fingerprint density at radius 2 is 2.15 bits per heavy atom. The van der Waals surface area contributed by atoms with Crippen molar-refractivity contribution in [3.05, 3.63) is 17.0 Å². The predicted octanol–water partition coefficient (Wildman–Crippen LogP) is 0.277. The molecule has 0 saturated carbocycles. The van der Waals surface area contributed by atoms with Crippen LogP contribution in [-0.2, 0) is 16.3 Å². The summed E-state index contributed by atoms with van der Waals surface area (Å²) in [5, 5.41) is 11.8. The largest absolute Gasteiger partial charge is 0.374 e. The number of anilines is 2. The number of rotatable bonds is 5. The lowest BCUT2D eigenvalue weighted by Crippen LogP contribution is -2.12. The second-order valence-electron chi connectivity index (χ2n) is 4.11. The van der Waals surface area contributed by atoms with Gasteiger partial charge in [0.05, 0.1) is 6.20 Å². The lowest BCUT2D eigenvalue weighted by molar-refractivity contribution is 0.601. The maximum absolute atomic E-state index is 11.6. The lowest BCUT2D eigenvalue weighted by Gasteiger charge is -2.09. The fraction of sp³-hybridized carbons (Fsp3) is 0.400. The maximum atomic E-state index is 11.6. The quantitative estimate of drug-likeness (QED) is 0.806. The molecule has 2 aromatic rings. The summed E-state index contributed by atoms with van der Waals surface area (Å²) in [4.78, 5) is 8.11. The van der Waals surface area contributed by atoms with E-state index in [-0.39, 0.29) is 4.90 Å². The lowest BCUT2D eigenvalue weighted by atomic mass is 10.4. The van der Waals surface area contributed by atoms with Crippen LogP contribution < -0.4 is 11.1 Å². The van der Waals surface area contributed by atoms with Crippen LogP contribution >= 0.6 is 11.3 Å². The molecular formula is C10H14N6O2S2. The molecule has 2 rings (SSSR count). The molecule has 0 aliphatic rings. The molecule has 2 aromatic heterocycles. The molecule has 0 aliphatic heterocycles.